The number of benzene rings is 8. The summed E-state index contributed by atoms with van der Waals surface area (Å²) >= 11 is 0. The van der Waals surface area contributed by atoms with E-state index < -0.39 is 60.4 Å². The topological polar surface area (TPSA) is 35.9 Å². The zero-order valence-electron chi connectivity index (χ0n) is 46.4. The number of ether oxygens (including phenoxy) is 1. The third-order valence-electron chi connectivity index (χ3n) is 12.1. The predicted octanol–water partition coefficient (Wildman–Crippen LogP) is 14.7. The van der Waals surface area contributed by atoms with Crippen LogP contribution in [-0.2, 0) is 21.1 Å². The number of fused-ring (bicyclic) bond motifs is 4. The number of rotatable bonds is 9. The van der Waals surface area contributed by atoms with E-state index in [2.05, 4.69) is 81.1 Å². The summed E-state index contributed by atoms with van der Waals surface area (Å²) in [6.07, 6.45) is 5.39. The maximum atomic E-state index is 9.03. The molecule has 324 valence electrons. The first-order chi connectivity index (χ1) is 35.9. The van der Waals surface area contributed by atoms with Gasteiger partial charge in [-0.3, -0.25) is 4.57 Å². The molecule has 3 heterocycles. The van der Waals surface area contributed by atoms with E-state index in [4.69, 9.17) is 23.4 Å². The number of nitrogens with zero attached hydrogens (tertiary/aromatic N) is 4. The van der Waals surface area contributed by atoms with Gasteiger partial charge in [-0.2, -0.15) is 18.2 Å². The number of para-hydroxylation sites is 4. The van der Waals surface area contributed by atoms with Crippen LogP contribution in [0.5, 0.6) is 11.5 Å². The van der Waals surface area contributed by atoms with Gasteiger partial charge >= 0.3 is 0 Å². The van der Waals surface area contributed by atoms with Crippen LogP contribution >= 0.6 is 0 Å². The van der Waals surface area contributed by atoms with Crippen molar-refractivity contribution in [2.45, 2.75) is 33.6 Å². The number of hydrogen-bond donors (Lipinski definition) is 0. The first kappa shape index (κ1) is 32.3. The molecule has 0 amide bonds. The third-order valence-corrected chi connectivity index (χ3v) is 12.1. The second-order valence-corrected chi connectivity index (χ2v) is 17.0. The van der Waals surface area contributed by atoms with Gasteiger partial charge in [-0.05, 0) is 67.9 Å². The molecule has 66 heavy (non-hydrogen) atoms. The van der Waals surface area contributed by atoms with Crippen molar-refractivity contribution < 1.29 is 44.1 Å². The Morgan fingerprint density at radius 3 is 1.97 bits per heavy atom. The molecule has 1 atom stereocenters. The molecule has 3 aromatic heterocycles. The Kier molecular flexibility index (Phi) is 8.61. The molecule has 0 N–H and O–H groups in total. The summed E-state index contributed by atoms with van der Waals surface area (Å²) in [6, 6.07) is 43.9. The minimum atomic E-state index is -0.573. The molecule has 0 aliphatic rings. The van der Waals surface area contributed by atoms with E-state index in [1.165, 1.54) is 5.56 Å². The Morgan fingerprint density at radius 1 is 0.621 bits per heavy atom. The van der Waals surface area contributed by atoms with Gasteiger partial charge in [-0.25, -0.2) is 4.98 Å². The van der Waals surface area contributed by atoms with Crippen LogP contribution in [0, 0.1) is 23.9 Å². The van der Waals surface area contributed by atoms with E-state index in [0.717, 1.165) is 38.8 Å². The first-order valence-corrected chi connectivity index (χ1v) is 21.4. The fourth-order valence-corrected chi connectivity index (χ4v) is 8.54. The van der Waals surface area contributed by atoms with Gasteiger partial charge in [0.2, 0.25) is 0 Å². The normalized spacial score (nSPS) is 14.2. The largest absolute Gasteiger partial charge is 0.510 e. The van der Waals surface area contributed by atoms with E-state index in [0.29, 0.717) is 28.2 Å². The van der Waals surface area contributed by atoms with Crippen LogP contribution in [0.4, 0.5) is 0 Å². The van der Waals surface area contributed by atoms with Crippen molar-refractivity contribution in [2.75, 3.05) is 0 Å². The minimum absolute atomic E-state index is 0. The molecule has 0 saturated heterocycles. The van der Waals surface area contributed by atoms with Crippen molar-refractivity contribution in [3.63, 3.8) is 0 Å². The Labute approximate surface area is 414 Å². The summed E-state index contributed by atoms with van der Waals surface area (Å²) in [6.45, 7) is 9.02. The van der Waals surface area contributed by atoms with Gasteiger partial charge in [0, 0.05) is 49.8 Å². The zero-order chi connectivity index (χ0) is 52.8. The van der Waals surface area contributed by atoms with E-state index in [9.17, 15) is 0 Å². The molecule has 0 bridgehead atoms. The van der Waals surface area contributed by atoms with Crippen molar-refractivity contribution in [2.24, 2.45) is 5.41 Å². The molecule has 0 aliphatic heterocycles. The van der Waals surface area contributed by atoms with Crippen LogP contribution in [0.3, 0.4) is 0 Å². The Bertz CT molecular complexity index is 3990. The maximum absolute atomic E-state index is 9.03. The first-order valence-electron chi connectivity index (χ1n) is 26.4. The number of pyridine rings is 1. The average Bonchev–Trinajstić information content (AvgIpc) is 4.00. The molecule has 0 fully saturated rings. The third kappa shape index (κ3) is 7.74. The molecule has 11 rings (SSSR count). The second kappa shape index (κ2) is 17.6. The van der Waals surface area contributed by atoms with Gasteiger partial charge in [-0.15, -0.1) is 29.7 Å². The van der Waals surface area contributed by atoms with Crippen LogP contribution in [0.2, 0.25) is 0 Å². The van der Waals surface area contributed by atoms with Crippen LogP contribution in [0.15, 0.2) is 200 Å². The molecular formula is C60H46N4OPt-2. The number of aromatic nitrogens is 4. The molecule has 5 nitrogen and oxygen atoms in total. The van der Waals surface area contributed by atoms with Crippen molar-refractivity contribution in [3.05, 3.63) is 224 Å². The summed E-state index contributed by atoms with van der Waals surface area (Å²) in [5.41, 5.74) is 6.87. The molecule has 0 spiro atoms. The molecule has 11 aromatic rings. The number of imidazole rings is 1. The van der Waals surface area contributed by atoms with E-state index in [-0.39, 0.29) is 60.3 Å². The molecule has 8 aromatic carbocycles. The average molecular weight is 1040 g/mol. The van der Waals surface area contributed by atoms with E-state index >= 15 is 0 Å². The van der Waals surface area contributed by atoms with Crippen LogP contribution in [-0.4, -0.2) is 14.1 Å². The van der Waals surface area contributed by atoms with Crippen molar-refractivity contribution in [3.8, 4) is 62.1 Å². The van der Waals surface area contributed by atoms with Crippen molar-refractivity contribution in [1.29, 1.82) is 0 Å². The molecule has 0 saturated carbocycles. The molecule has 6 heteroatoms. The summed E-state index contributed by atoms with van der Waals surface area (Å²) in [7, 11) is 0. The quantitative estimate of drug-likeness (QED) is 0.107. The maximum Gasteiger partial charge on any atom is 0.268 e. The fourth-order valence-electron chi connectivity index (χ4n) is 8.54. The number of hydrogen-bond acceptors (Lipinski definition) is 2. The molecular weight excluding hydrogens is 988 g/mol. The zero-order valence-corrected chi connectivity index (χ0v) is 38.6. The second-order valence-electron chi connectivity index (χ2n) is 17.0. The Balaban J connectivity index is 0.00000657. The van der Waals surface area contributed by atoms with Crippen LogP contribution in [0.1, 0.15) is 52.9 Å². The smallest absolute Gasteiger partial charge is 0.268 e. The molecule has 0 aliphatic carbocycles. The van der Waals surface area contributed by atoms with Crippen molar-refractivity contribution in [1.82, 2.24) is 14.1 Å². The predicted molar refractivity (Wildman–Crippen MR) is 264 cm³/mol. The van der Waals surface area contributed by atoms with Crippen LogP contribution in [0.25, 0.3) is 83.4 Å². The molecule has 0 radical (unpaired) electrons. The van der Waals surface area contributed by atoms with E-state index in [1.54, 1.807) is 33.4 Å². The summed E-state index contributed by atoms with van der Waals surface area (Å²) in [5, 5.41) is 2.01. The minimum Gasteiger partial charge on any atom is -0.510 e. The van der Waals surface area contributed by atoms with Crippen molar-refractivity contribution >= 4 is 32.8 Å². The van der Waals surface area contributed by atoms with Crippen LogP contribution < -0.4 is 9.30 Å². The Hall–Kier alpha value is -7.33. The molecule has 1 unspecified atom stereocenters. The monoisotopic (exact) mass is 1040 g/mol. The summed E-state index contributed by atoms with van der Waals surface area (Å²) in [5.74, 6) is 1.71. The van der Waals surface area contributed by atoms with Gasteiger partial charge in [0.25, 0.3) is 6.33 Å². The van der Waals surface area contributed by atoms with Gasteiger partial charge in [-0.1, -0.05) is 185 Å². The standard InChI is InChI=1S/C60H46N4O.Pt/c1-41(60(2,3)4)52-38-58(61-39-53(52)44-24-12-7-13-25-44)64-54-31-15-14-28-50(54)51-35-34-47(37-57(51)64)65-46-27-18-26-45(36-46)62-40-63(56-33-17-16-32-55(56)62)59-48(42-20-8-5-9-21-42)29-19-30-49(59)43-22-10-6-11-23-43;/h5-35,38-39,41H,1-4H3;/q-2;/i5D,6D,8D,9D,10D,11D,20D,21D,22D,23D;. The van der Waals surface area contributed by atoms with Gasteiger partial charge in [0.05, 0.1) is 30.4 Å². The fraction of sp³-hybridized carbons (Fsp3) is 0.100. The summed E-state index contributed by atoms with van der Waals surface area (Å²) in [4.78, 5) is 5.12. The van der Waals surface area contributed by atoms with Gasteiger partial charge in [0.1, 0.15) is 5.82 Å². The van der Waals surface area contributed by atoms with Gasteiger partial charge < -0.3 is 13.9 Å². The summed E-state index contributed by atoms with van der Waals surface area (Å²) < 4.78 is 99.3. The SMILES string of the molecule is [2H]c1c([2H])c([2H])c(-c2cccc(-c3c([2H])c([2H])c([2H])c([2H])c3[2H])c2-[n+]2[c-]n(-c3[c-]c(Oc4[c-]c5c(cc4)c4ccccc4n5-c4cc(C(C)C(C)(C)C)c(-c5ccccc5)cn4)ccc3)c3ccccc32)c([2H])c1[2H].[Pt]. The van der Waals surface area contributed by atoms with E-state index in [1.807, 2.05) is 85.1 Å². The van der Waals surface area contributed by atoms with Gasteiger partial charge in [0.15, 0.2) is 0 Å². The Morgan fingerprint density at radius 2 is 1.26 bits per heavy atom.